The van der Waals surface area contributed by atoms with Gasteiger partial charge in [-0.2, -0.15) is 0 Å². The highest BCUT2D eigenvalue weighted by molar-refractivity contribution is 7.15. The minimum absolute atomic E-state index is 0.217. The fraction of sp³-hybridized carbons (Fsp3) is 0.733. The van der Waals surface area contributed by atoms with Gasteiger partial charge in [0.25, 0.3) is 0 Å². The Morgan fingerprint density at radius 2 is 1.95 bits per heavy atom. The second-order valence-electron chi connectivity index (χ2n) is 6.14. The maximum Gasteiger partial charge on any atom is 0.355 e. The molecule has 0 radical (unpaired) electrons. The lowest BCUT2D eigenvalue weighted by molar-refractivity contribution is 0.0690. The number of likely N-dealkylation sites (tertiary alicyclic amines) is 1. The zero-order chi connectivity index (χ0) is 14.8. The van der Waals surface area contributed by atoms with E-state index in [1.165, 1.54) is 56.7 Å². The number of thiazole rings is 1. The van der Waals surface area contributed by atoms with E-state index in [4.69, 9.17) is 5.11 Å². The number of carboxylic acids is 1. The topological polar surface area (TPSA) is 56.7 Å². The van der Waals surface area contributed by atoms with Gasteiger partial charge in [-0.25, -0.2) is 9.78 Å². The number of aromatic carboxylic acids is 1. The monoisotopic (exact) mass is 309 g/mol. The normalized spacial score (nSPS) is 21.1. The van der Waals surface area contributed by atoms with Crippen LogP contribution in [0.5, 0.6) is 0 Å². The van der Waals surface area contributed by atoms with Crippen molar-refractivity contribution in [2.24, 2.45) is 5.92 Å². The highest BCUT2D eigenvalue weighted by Gasteiger charge is 2.25. The van der Waals surface area contributed by atoms with Crippen molar-refractivity contribution < 1.29 is 9.90 Å². The lowest BCUT2D eigenvalue weighted by Crippen LogP contribution is -2.38. The van der Waals surface area contributed by atoms with E-state index < -0.39 is 5.97 Å². The number of piperidine rings is 1. The molecule has 1 aromatic rings. The number of aromatic nitrogens is 1. The first-order valence-corrected chi connectivity index (χ1v) is 8.63. The molecule has 2 aliphatic heterocycles. The van der Waals surface area contributed by atoms with Crippen molar-refractivity contribution in [1.82, 2.24) is 9.88 Å². The molecule has 1 aromatic heterocycles. The van der Waals surface area contributed by atoms with Gasteiger partial charge in [0.15, 0.2) is 10.8 Å². The molecule has 2 saturated heterocycles. The Morgan fingerprint density at radius 1 is 1.29 bits per heavy atom. The summed E-state index contributed by atoms with van der Waals surface area (Å²) in [4.78, 5) is 21.0. The number of nitrogens with zero attached hydrogens (tertiary/aromatic N) is 3. The Kier molecular flexibility index (Phi) is 4.45. The number of hydrogen-bond donors (Lipinski definition) is 1. The fourth-order valence-electron chi connectivity index (χ4n) is 3.35. The van der Waals surface area contributed by atoms with Gasteiger partial charge in [0.2, 0.25) is 0 Å². The molecule has 0 aliphatic carbocycles. The van der Waals surface area contributed by atoms with Gasteiger partial charge in [0, 0.05) is 24.5 Å². The van der Waals surface area contributed by atoms with E-state index in [-0.39, 0.29) is 5.69 Å². The predicted octanol–water partition coefficient (Wildman–Crippen LogP) is 2.46. The van der Waals surface area contributed by atoms with Crippen LogP contribution in [0.25, 0.3) is 0 Å². The molecule has 6 heteroatoms. The molecule has 2 aliphatic rings. The minimum atomic E-state index is -0.918. The molecule has 2 fully saturated rings. The van der Waals surface area contributed by atoms with E-state index in [9.17, 15) is 4.79 Å². The van der Waals surface area contributed by atoms with Crippen LogP contribution in [0.4, 0.5) is 5.13 Å². The molecule has 0 amide bonds. The summed E-state index contributed by atoms with van der Waals surface area (Å²) in [6, 6.07) is 0. The Hall–Kier alpha value is -1.14. The Morgan fingerprint density at radius 3 is 2.52 bits per heavy atom. The SMILES string of the molecule is Cc1sc(N2CCC(CN3CCCC3)CC2)nc1C(=O)O. The van der Waals surface area contributed by atoms with Crippen molar-refractivity contribution >= 4 is 22.4 Å². The van der Waals surface area contributed by atoms with Gasteiger partial charge in [0.1, 0.15) is 0 Å². The van der Waals surface area contributed by atoms with Crippen molar-refractivity contribution in [1.29, 1.82) is 0 Å². The van der Waals surface area contributed by atoms with Gasteiger partial charge < -0.3 is 14.9 Å². The molecule has 1 N–H and O–H groups in total. The van der Waals surface area contributed by atoms with Crippen molar-refractivity contribution in [3.8, 4) is 0 Å². The largest absolute Gasteiger partial charge is 0.476 e. The number of rotatable bonds is 4. The summed E-state index contributed by atoms with van der Waals surface area (Å²) in [7, 11) is 0. The Bertz CT molecular complexity index is 503. The molecule has 0 atom stereocenters. The number of carboxylic acid groups (broad SMARTS) is 1. The highest BCUT2D eigenvalue weighted by atomic mass is 32.1. The third-order valence-electron chi connectivity index (χ3n) is 4.59. The van der Waals surface area contributed by atoms with Gasteiger partial charge in [0.05, 0.1) is 0 Å². The molecule has 116 valence electrons. The van der Waals surface area contributed by atoms with E-state index in [1.807, 2.05) is 6.92 Å². The van der Waals surface area contributed by atoms with Crippen molar-refractivity contribution in [2.45, 2.75) is 32.6 Å². The van der Waals surface area contributed by atoms with Gasteiger partial charge in [-0.3, -0.25) is 0 Å². The first-order chi connectivity index (χ1) is 10.1. The van der Waals surface area contributed by atoms with E-state index in [2.05, 4.69) is 14.8 Å². The summed E-state index contributed by atoms with van der Waals surface area (Å²) in [6.07, 6.45) is 5.10. The van der Waals surface area contributed by atoms with Gasteiger partial charge in [-0.05, 0) is 51.6 Å². The summed E-state index contributed by atoms with van der Waals surface area (Å²) in [5, 5.41) is 9.98. The molecular weight excluding hydrogens is 286 g/mol. The quantitative estimate of drug-likeness (QED) is 0.926. The van der Waals surface area contributed by atoms with Crippen LogP contribution in [0.2, 0.25) is 0 Å². The Labute approximate surface area is 129 Å². The number of hydrogen-bond acceptors (Lipinski definition) is 5. The molecule has 0 aromatic carbocycles. The summed E-state index contributed by atoms with van der Waals surface area (Å²) in [5.41, 5.74) is 0.217. The van der Waals surface area contributed by atoms with Crippen LogP contribution in [0, 0.1) is 12.8 Å². The van der Waals surface area contributed by atoms with Crippen molar-refractivity contribution in [2.75, 3.05) is 37.6 Å². The van der Waals surface area contributed by atoms with Crippen LogP contribution in [-0.4, -0.2) is 53.7 Å². The molecule has 0 spiro atoms. The fourth-order valence-corrected chi connectivity index (χ4v) is 4.31. The second-order valence-corrected chi connectivity index (χ2v) is 7.33. The number of aryl methyl sites for hydroxylation is 1. The zero-order valence-corrected chi connectivity index (χ0v) is 13.4. The van der Waals surface area contributed by atoms with E-state index >= 15 is 0 Å². The van der Waals surface area contributed by atoms with Gasteiger partial charge in [-0.15, -0.1) is 11.3 Å². The minimum Gasteiger partial charge on any atom is -0.476 e. The first-order valence-electron chi connectivity index (χ1n) is 7.81. The zero-order valence-electron chi connectivity index (χ0n) is 12.5. The van der Waals surface area contributed by atoms with Crippen LogP contribution < -0.4 is 4.90 Å². The predicted molar refractivity (Wildman–Crippen MR) is 84.4 cm³/mol. The summed E-state index contributed by atoms with van der Waals surface area (Å²) >= 11 is 1.51. The third kappa shape index (κ3) is 3.37. The standard InChI is InChI=1S/C15H23N3O2S/c1-11-13(14(19)20)16-15(21-11)18-8-4-12(5-9-18)10-17-6-2-3-7-17/h12H,2-10H2,1H3,(H,19,20). The molecule has 3 rings (SSSR count). The first kappa shape index (κ1) is 14.8. The van der Waals surface area contributed by atoms with E-state index in [0.29, 0.717) is 0 Å². The lowest BCUT2D eigenvalue weighted by Gasteiger charge is -2.33. The highest BCUT2D eigenvalue weighted by Crippen LogP contribution is 2.30. The van der Waals surface area contributed by atoms with Gasteiger partial charge >= 0.3 is 5.97 Å². The smallest absolute Gasteiger partial charge is 0.355 e. The molecule has 0 saturated carbocycles. The van der Waals surface area contributed by atoms with Gasteiger partial charge in [-0.1, -0.05) is 0 Å². The Balaban J connectivity index is 1.55. The summed E-state index contributed by atoms with van der Waals surface area (Å²) < 4.78 is 0. The van der Waals surface area contributed by atoms with E-state index in [1.54, 1.807) is 0 Å². The molecule has 5 nitrogen and oxygen atoms in total. The summed E-state index contributed by atoms with van der Waals surface area (Å²) in [5.74, 6) is -0.127. The molecule has 0 bridgehead atoms. The van der Waals surface area contributed by atoms with Crippen molar-refractivity contribution in [3.63, 3.8) is 0 Å². The van der Waals surface area contributed by atoms with E-state index in [0.717, 1.165) is 29.0 Å². The van der Waals surface area contributed by atoms with Crippen LogP contribution in [0.15, 0.2) is 0 Å². The molecular formula is C15H23N3O2S. The molecule has 3 heterocycles. The second kappa shape index (κ2) is 6.32. The maximum absolute atomic E-state index is 11.1. The van der Waals surface area contributed by atoms with Crippen LogP contribution >= 0.6 is 11.3 Å². The third-order valence-corrected chi connectivity index (χ3v) is 5.62. The molecule has 21 heavy (non-hydrogen) atoms. The van der Waals surface area contributed by atoms with Crippen LogP contribution in [0.3, 0.4) is 0 Å². The van der Waals surface area contributed by atoms with Crippen LogP contribution in [0.1, 0.15) is 41.0 Å². The average Bonchev–Trinajstić information content (AvgIpc) is 3.09. The number of anilines is 1. The maximum atomic E-state index is 11.1. The average molecular weight is 309 g/mol. The van der Waals surface area contributed by atoms with Crippen molar-refractivity contribution in [3.05, 3.63) is 10.6 Å². The lowest BCUT2D eigenvalue weighted by atomic mass is 9.96. The van der Waals surface area contributed by atoms with Crippen LogP contribution in [-0.2, 0) is 0 Å². The molecule has 0 unspecified atom stereocenters. The summed E-state index contributed by atoms with van der Waals surface area (Å²) in [6.45, 7) is 7.63. The number of carbonyl (C=O) groups is 1.